The maximum absolute atomic E-state index is 12.0. The Morgan fingerprint density at radius 3 is 3.00 bits per heavy atom. The second-order valence-electron chi connectivity index (χ2n) is 4.79. The molecule has 2 unspecified atom stereocenters. The predicted octanol–water partition coefficient (Wildman–Crippen LogP) is 3.87. The fourth-order valence-electron chi connectivity index (χ4n) is 2.15. The Kier molecular flexibility index (Phi) is 4.12. The molecule has 1 aromatic rings. The van der Waals surface area contributed by atoms with E-state index in [2.05, 4.69) is 19.2 Å². The Labute approximate surface area is 112 Å². The summed E-state index contributed by atoms with van der Waals surface area (Å²) >= 11 is 5.88. The van der Waals surface area contributed by atoms with Crippen molar-refractivity contribution in [3.63, 3.8) is 0 Å². The van der Waals surface area contributed by atoms with Gasteiger partial charge in [-0.1, -0.05) is 38.3 Å². The van der Waals surface area contributed by atoms with Gasteiger partial charge in [-0.15, -0.1) is 0 Å². The Bertz CT molecular complexity index is 447. The van der Waals surface area contributed by atoms with Crippen LogP contribution in [0.3, 0.4) is 0 Å². The van der Waals surface area contributed by atoms with E-state index in [0.717, 1.165) is 19.3 Å². The third kappa shape index (κ3) is 2.78. The number of carbonyl (C=O) groups excluding carboxylic acids is 1. The molecule has 18 heavy (non-hydrogen) atoms. The molecule has 1 aromatic carbocycles. The molecule has 0 aliphatic carbocycles. The minimum absolute atomic E-state index is 0.0756. The molecule has 1 N–H and O–H groups in total. The number of benzene rings is 1. The second-order valence-corrected chi connectivity index (χ2v) is 5.22. The lowest BCUT2D eigenvalue weighted by Crippen LogP contribution is -2.41. The zero-order chi connectivity index (χ0) is 13.1. The SMILES string of the molecule is CCCCC(C)C1Oc2ccc(Cl)cc2NC1=O. The first kappa shape index (κ1) is 13.2. The highest BCUT2D eigenvalue weighted by Crippen LogP contribution is 2.34. The molecule has 1 amide bonds. The number of nitrogens with one attached hydrogen (secondary N) is 1. The van der Waals surface area contributed by atoms with Crippen molar-refractivity contribution in [1.82, 2.24) is 0 Å². The van der Waals surface area contributed by atoms with E-state index >= 15 is 0 Å². The van der Waals surface area contributed by atoms with Gasteiger partial charge in [0.05, 0.1) is 5.69 Å². The van der Waals surface area contributed by atoms with Crippen LogP contribution >= 0.6 is 11.6 Å². The van der Waals surface area contributed by atoms with Crippen molar-refractivity contribution in [1.29, 1.82) is 0 Å². The molecular formula is C14H18ClNO2. The number of halogens is 1. The molecule has 1 aliphatic heterocycles. The second kappa shape index (κ2) is 5.61. The average molecular weight is 268 g/mol. The maximum atomic E-state index is 12.0. The van der Waals surface area contributed by atoms with Crippen LogP contribution in [0.4, 0.5) is 5.69 Å². The standard InChI is InChI=1S/C14H18ClNO2/c1-3-4-5-9(2)13-14(17)16-11-8-10(15)6-7-12(11)18-13/h6-9,13H,3-5H2,1-2H3,(H,16,17). The third-order valence-electron chi connectivity index (χ3n) is 3.24. The van der Waals surface area contributed by atoms with Crippen LogP contribution in [0.2, 0.25) is 5.02 Å². The van der Waals surface area contributed by atoms with Crippen molar-refractivity contribution < 1.29 is 9.53 Å². The number of hydrogen-bond donors (Lipinski definition) is 1. The highest BCUT2D eigenvalue weighted by Gasteiger charge is 2.31. The van der Waals surface area contributed by atoms with E-state index in [1.165, 1.54) is 0 Å². The van der Waals surface area contributed by atoms with Crippen LogP contribution in [0.5, 0.6) is 5.75 Å². The number of ether oxygens (including phenoxy) is 1. The Balaban J connectivity index is 2.13. The van der Waals surface area contributed by atoms with Crippen LogP contribution in [-0.4, -0.2) is 12.0 Å². The highest BCUT2D eigenvalue weighted by atomic mass is 35.5. The molecule has 2 atom stereocenters. The van der Waals surface area contributed by atoms with E-state index in [-0.39, 0.29) is 11.8 Å². The molecule has 0 spiro atoms. The lowest BCUT2D eigenvalue weighted by Gasteiger charge is -2.29. The lowest BCUT2D eigenvalue weighted by atomic mass is 9.96. The summed E-state index contributed by atoms with van der Waals surface area (Å²) in [6.07, 6.45) is 2.84. The van der Waals surface area contributed by atoms with Gasteiger partial charge in [0.25, 0.3) is 5.91 Å². The van der Waals surface area contributed by atoms with Gasteiger partial charge in [-0.05, 0) is 24.6 Å². The number of carbonyl (C=O) groups is 1. The van der Waals surface area contributed by atoms with Crippen molar-refractivity contribution in [2.75, 3.05) is 5.32 Å². The van der Waals surface area contributed by atoms with Crippen LogP contribution in [0.15, 0.2) is 18.2 Å². The summed E-state index contributed by atoms with van der Waals surface area (Å²) < 4.78 is 5.79. The fourth-order valence-corrected chi connectivity index (χ4v) is 2.32. The number of unbranched alkanes of at least 4 members (excludes halogenated alkanes) is 1. The van der Waals surface area contributed by atoms with E-state index in [1.54, 1.807) is 18.2 Å². The van der Waals surface area contributed by atoms with Crippen LogP contribution in [-0.2, 0) is 4.79 Å². The van der Waals surface area contributed by atoms with Gasteiger partial charge in [0.15, 0.2) is 6.10 Å². The van der Waals surface area contributed by atoms with Crippen molar-refractivity contribution in [3.05, 3.63) is 23.2 Å². The van der Waals surface area contributed by atoms with Gasteiger partial charge >= 0.3 is 0 Å². The lowest BCUT2D eigenvalue weighted by molar-refractivity contribution is -0.125. The minimum atomic E-state index is -0.398. The molecule has 0 fully saturated rings. The summed E-state index contributed by atoms with van der Waals surface area (Å²) in [5.74, 6) is 0.842. The number of hydrogen-bond acceptors (Lipinski definition) is 2. The monoisotopic (exact) mass is 267 g/mol. The zero-order valence-corrected chi connectivity index (χ0v) is 11.5. The molecule has 98 valence electrons. The molecule has 0 saturated heterocycles. The number of anilines is 1. The molecular weight excluding hydrogens is 250 g/mol. The summed E-state index contributed by atoms with van der Waals surface area (Å²) in [7, 11) is 0. The van der Waals surface area contributed by atoms with Crippen molar-refractivity contribution in [2.45, 2.75) is 39.2 Å². The van der Waals surface area contributed by atoms with Crippen LogP contribution < -0.4 is 10.1 Å². The highest BCUT2D eigenvalue weighted by molar-refractivity contribution is 6.31. The van der Waals surface area contributed by atoms with E-state index in [9.17, 15) is 4.79 Å². The van der Waals surface area contributed by atoms with Gasteiger partial charge in [0.2, 0.25) is 0 Å². The van der Waals surface area contributed by atoms with Gasteiger partial charge in [-0.3, -0.25) is 4.79 Å². The van der Waals surface area contributed by atoms with Crippen LogP contribution in [0, 0.1) is 5.92 Å². The molecule has 0 aromatic heterocycles. The van der Waals surface area contributed by atoms with Gasteiger partial charge in [-0.25, -0.2) is 0 Å². The number of amides is 1. The van der Waals surface area contributed by atoms with E-state index < -0.39 is 6.10 Å². The quantitative estimate of drug-likeness (QED) is 0.899. The number of rotatable bonds is 4. The molecule has 3 nitrogen and oxygen atoms in total. The van der Waals surface area contributed by atoms with E-state index in [0.29, 0.717) is 16.5 Å². The molecule has 0 radical (unpaired) electrons. The Hall–Kier alpha value is -1.22. The summed E-state index contributed by atoms with van der Waals surface area (Å²) in [5.41, 5.74) is 0.659. The summed E-state index contributed by atoms with van der Waals surface area (Å²) in [4.78, 5) is 12.0. The molecule has 1 heterocycles. The van der Waals surface area contributed by atoms with Crippen LogP contribution in [0.25, 0.3) is 0 Å². The summed E-state index contributed by atoms with van der Waals surface area (Å²) in [6.45, 7) is 4.20. The Morgan fingerprint density at radius 1 is 1.50 bits per heavy atom. The fraction of sp³-hybridized carbons (Fsp3) is 0.500. The van der Waals surface area contributed by atoms with Gasteiger partial charge in [0.1, 0.15) is 5.75 Å². The van der Waals surface area contributed by atoms with Crippen molar-refractivity contribution in [3.8, 4) is 5.75 Å². The van der Waals surface area contributed by atoms with Crippen molar-refractivity contribution in [2.24, 2.45) is 5.92 Å². The molecule has 4 heteroatoms. The molecule has 0 bridgehead atoms. The number of fused-ring (bicyclic) bond motifs is 1. The normalized spacial score (nSPS) is 19.7. The summed E-state index contributed by atoms with van der Waals surface area (Å²) in [5, 5.41) is 3.45. The maximum Gasteiger partial charge on any atom is 0.265 e. The molecule has 1 aliphatic rings. The van der Waals surface area contributed by atoms with E-state index in [1.807, 2.05) is 0 Å². The van der Waals surface area contributed by atoms with Gasteiger partial charge < -0.3 is 10.1 Å². The molecule has 0 saturated carbocycles. The Morgan fingerprint density at radius 2 is 2.28 bits per heavy atom. The summed E-state index contributed by atoms with van der Waals surface area (Å²) in [6, 6.07) is 5.28. The third-order valence-corrected chi connectivity index (χ3v) is 3.48. The van der Waals surface area contributed by atoms with Crippen molar-refractivity contribution >= 4 is 23.2 Å². The molecule has 2 rings (SSSR count). The first-order chi connectivity index (χ1) is 8.61. The topological polar surface area (TPSA) is 38.3 Å². The zero-order valence-electron chi connectivity index (χ0n) is 10.7. The minimum Gasteiger partial charge on any atom is -0.478 e. The average Bonchev–Trinajstić information content (AvgIpc) is 2.35. The predicted molar refractivity (Wildman–Crippen MR) is 73.2 cm³/mol. The first-order valence-corrected chi connectivity index (χ1v) is 6.76. The van der Waals surface area contributed by atoms with E-state index in [4.69, 9.17) is 16.3 Å². The first-order valence-electron chi connectivity index (χ1n) is 6.39. The van der Waals surface area contributed by atoms with Crippen LogP contribution in [0.1, 0.15) is 33.1 Å². The van der Waals surface area contributed by atoms with Gasteiger partial charge in [0, 0.05) is 10.9 Å². The smallest absolute Gasteiger partial charge is 0.265 e. The van der Waals surface area contributed by atoms with Gasteiger partial charge in [-0.2, -0.15) is 0 Å². The largest absolute Gasteiger partial charge is 0.478 e.